The van der Waals surface area contributed by atoms with Crippen LogP contribution in [0, 0.1) is 5.92 Å². The molecule has 1 aromatic heterocycles. The number of nitrogens with two attached hydrogens (primary N) is 1. The van der Waals surface area contributed by atoms with Gasteiger partial charge in [-0.25, -0.2) is 4.79 Å². The number of anilines is 1. The lowest BCUT2D eigenvalue weighted by molar-refractivity contribution is 0.101. The minimum atomic E-state index is -0.788. The van der Waals surface area contributed by atoms with Crippen LogP contribution in [0.4, 0.5) is 5.82 Å². The van der Waals surface area contributed by atoms with Crippen molar-refractivity contribution in [3.05, 3.63) is 26.4 Å². The van der Waals surface area contributed by atoms with Crippen LogP contribution < -0.4 is 17.0 Å². The van der Waals surface area contributed by atoms with Crippen LogP contribution in [0.25, 0.3) is 0 Å². The number of aromatic amines is 1. The first-order valence-electron chi connectivity index (χ1n) is 5.60. The van der Waals surface area contributed by atoms with Crippen molar-refractivity contribution in [2.75, 3.05) is 11.6 Å². The van der Waals surface area contributed by atoms with Crippen molar-refractivity contribution in [2.45, 2.75) is 26.8 Å². The SMILES string of the molecule is CC(C)CCn1c(N)c(C(=O)CCl)c(=O)[nH]c1=O. The Kier molecular flexibility index (Phi) is 4.72. The molecule has 1 heterocycles. The minimum Gasteiger partial charge on any atom is -0.384 e. The summed E-state index contributed by atoms with van der Waals surface area (Å²) in [4.78, 5) is 36.7. The number of carbonyl (C=O) groups is 1. The van der Waals surface area contributed by atoms with Crippen LogP contribution in [0.5, 0.6) is 0 Å². The molecule has 7 heteroatoms. The van der Waals surface area contributed by atoms with Crippen LogP contribution >= 0.6 is 11.6 Å². The Hall–Kier alpha value is -1.56. The first kappa shape index (κ1) is 14.5. The molecule has 0 unspecified atom stereocenters. The lowest BCUT2D eigenvalue weighted by Crippen LogP contribution is -2.36. The zero-order chi connectivity index (χ0) is 13.9. The molecule has 1 aromatic rings. The molecular weight excluding hydrogens is 258 g/mol. The smallest absolute Gasteiger partial charge is 0.329 e. The van der Waals surface area contributed by atoms with Crippen molar-refractivity contribution < 1.29 is 4.79 Å². The van der Waals surface area contributed by atoms with Gasteiger partial charge in [-0.05, 0) is 12.3 Å². The van der Waals surface area contributed by atoms with E-state index >= 15 is 0 Å². The number of nitrogens with one attached hydrogen (secondary N) is 1. The molecule has 6 nitrogen and oxygen atoms in total. The summed E-state index contributed by atoms with van der Waals surface area (Å²) in [6.07, 6.45) is 0.713. The van der Waals surface area contributed by atoms with Crippen LogP contribution in [0.2, 0.25) is 0 Å². The molecule has 0 radical (unpaired) electrons. The van der Waals surface area contributed by atoms with Gasteiger partial charge in [0.15, 0.2) is 5.78 Å². The first-order chi connectivity index (χ1) is 8.38. The molecule has 0 aliphatic carbocycles. The minimum absolute atomic E-state index is 0.116. The number of Topliss-reactive ketones (excluding diaryl/α,β-unsaturated/α-hetero) is 1. The summed E-state index contributed by atoms with van der Waals surface area (Å²) in [5.41, 5.74) is 4.07. The van der Waals surface area contributed by atoms with Crippen LogP contribution in [0.1, 0.15) is 30.6 Å². The predicted molar refractivity (Wildman–Crippen MR) is 70.2 cm³/mol. The number of nitrogen functional groups attached to an aromatic ring is 1. The summed E-state index contributed by atoms with van der Waals surface area (Å²) in [5.74, 6) is -0.686. The highest BCUT2D eigenvalue weighted by molar-refractivity contribution is 6.30. The van der Waals surface area contributed by atoms with Gasteiger partial charge < -0.3 is 5.73 Å². The third-order valence-electron chi connectivity index (χ3n) is 2.57. The summed E-state index contributed by atoms with van der Waals surface area (Å²) < 4.78 is 1.20. The fourth-order valence-electron chi connectivity index (χ4n) is 1.53. The first-order valence-corrected chi connectivity index (χ1v) is 6.13. The molecule has 0 atom stereocenters. The standard InChI is InChI=1S/C11H16ClN3O3/c1-6(2)3-4-15-9(13)8(7(16)5-12)10(17)14-11(15)18/h6H,3-5,13H2,1-2H3,(H,14,17,18). The Labute approximate surface area is 109 Å². The van der Waals surface area contributed by atoms with Gasteiger partial charge in [0.05, 0.1) is 5.88 Å². The predicted octanol–water partition coefficient (Wildman–Crippen LogP) is 0.586. The van der Waals surface area contributed by atoms with Gasteiger partial charge in [0, 0.05) is 6.54 Å². The third kappa shape index (κ3) is 3.01. The third-order valence-corrected chi connectivity index (χ3v) is 2.81. The van der Waals surface area contributed by atoms with Gasteiger partial charge in [-0.3, -0.25) is 19.1 Å². The number of nitrogens with zero attached hydrogens (tertiary/aromatic N) is 1. The zero-order valence-electron chi connectivity index (χ0n) is 10.3. The fraction of sp³-hybridized carbons (Fsp3) is 0.545. The zero-order valence-corrected chi connectivity index (χ0v) is 11.1. The van der Waals surface area contributed by atoms with Crippen molar-refractivity contribution in [2.24, 2.45) is 5.92 Å². The van der Waals surface area contributed by atoms with Gasteiger partial charge in [-0.1, -0.05) is 13.8 Å². The molecule has 0 bridgehead atoms. The number of rotatable bonds is 5. The lowest BCUT2D eigenvalue weighted by Gasteiger charge is -2.12. The van der Waals surface area contributed by atoms with Crippen molar-refractivity contribution in [1.82, 2.24) is 9.55 Å². The van der Waals surface area contributed by atoms with E-state index in [2.05, 4.69) is 4.98 Å². The average Bonchev–Trinajstić information content (AvgIpc) is 2.27. The number of alkyl halides is 1. The van der Waals surface area contributed by atoms with E-state index in [0.717, 1.165) is 0 Å². The Morgan fingerprint density at radius 3 is 2.56 bits per heavy atom. The monoisotopic (exact) mass is 273 g/mol. The normalized spacial score (nSPS) is 10.9. The molecule has 0 saturated heterocycles. The van der Waals surface area contributed by atoms with E-state index < -0.39 is 17.0 Å². The number of H-pyrrole nitrogens is 1. The molecule has 100 valence electrons. The van der Waals surface area contributed by atoms with E-state index in [1.807, 2.05) is 13.8 Å². The van der Waals surface area contributed by atoms with E-state index in [-0.39, 0.29) is 17.3 Å². The Morgan fingerprint density at radius 2 is 2.06 bits per heavy atom. The highest BCUT2D eigenvalue weighted by Gasteiger charge is 2.18. The van der Waals surface area contributed by atoms with Gasteiger partial charge in [0.25, 0.3) is 5.56 Å². The topological polar surface area (TPSA) is 97.9 Å². The van der Waals surface area contributed by atoms with E-state index in [0.29, 0.717) is 18.9 Å². The number of halogens is 1. The molecule has 0 aliphatic rings. The molecule has 3 N–H and O–H groups in total. The fourth-order valence-corrected chi connectivity index (χ4v) is 1.67. The van der Waals surface area contributed by atoms with E-state index in [9.17, 15) is 14.4 Å². The largest absolute Gasteiger partial charge is 0.384 e. The van der Waals surface area contributed by atoms with E-state index in [1.54, 1.807) is 0 Å². The number of aromatic nitrogens is 2. The molecule has 0 fully saturated rings. The molecule has 0 aliphatic heterocycles. The Morgan fingerprint density at radius 1 is 1.44 bits per heavy atom. The summed E-state index contributed by atoms with van der Waals surface area (Å²) in [6.45, 7) is 4.34. The maximum atomic E-state index is 11.6. The van der Waals surface area contributed by atoms with E-state index in [1.165, 1.54) is 4.57 Å². The highest BCUT2D eigenvalue weighted by atomic mass is 35.5. The maximum Gasteiger partial charge on any atom is 0.329 e. The van der Waals surface area contributed by atoms with Gasteiger partial charge in [-0.2, -0.15) is 0 Å². The molecule has 0 aromatic carbocycles. The van der Waals surface area contributed by atoms with Crippen LogP contribution in [-0.2, 0) is 6.54 Å². The van der Waals surface area contributed by atoms with Crippen molar-refractivity contribution in [3.8, 4) is 0 Å². The summed E-state index contributed by atoms with van der Waals surface area (Å²) in [5, 5.41) is 0. The lowest BCUT2D eigenvalue weighted by atomic mass is 10.1. The van der Waals surface area contributed by atoms with E-state index in [4.69, 9.17) is 17.3 Å². The van der Waals surface area contributed by atoms with Crippen LogP contribution in [0.15, 0.2) is 9.59 Å². The molecule has 1 rings (SSSR count). The Bertz CT molecular complexity index is 560. The van der Waals surface area contributed by atoms with Crippen LogP contribution in [0.3, 0.4) is 0 Å². The second-order valence-electron chi connectivity index (χ2n) is 4.41. The van der Waals surface area contributed by atoms with Crippen molar-refractivity contribution in [1.29, 1.82) is 0 Å². The maximum absolute atomic E-state index is 11.6. The highest BCUT2D eigenvalue weighted by Crippen LogP contribution is 2.08. The average molecular weight is 274 g/mol. The number of carbonyl (C=O) groups excluding carboxylic acids is 1. The molecular formula is C11H16ClN3O3. The quantitative estimate of drug-likeness (QED) is 0.606. The summed E-state index contributed by atoms with van der Waals surface area (Å²) >= 11 is 5.40. The van der Waals surface area contributed by atoms with Crippen molar-refractivity contribution in [3.63, 3.8) is 0 Å². The molecule has 0 spiro atoms. The van der Waals surface area contributed by atoms with Gasteiger partial charge in [0.2, 0.25) is 0 Å². The van der Waals surface area contributed by atoms with Gasteiger partial charge in [-0.15, -0.1) is 11.6 Å². The molecule has 18 heavy (non-hydrogen) atoms. The summed E-state index contributed by atoms with van der Waals surface area (Å²) in [6, 6.07) is 0. The van der Waals surface area contributed by atoms with Gasteiger partial charge >= 0.3 is 5.69 Å². The number of ketones is 1. The Balaban J connectivity index is 3.31. The molecule has 0 saturated carbocycles. The van der Waals surface area contributed by atoms with Crippen LogP contribution in [-0.4, -0.2) is 21.2 Å². The number of hydrogen-bond donors (Lipinski definition) is 2. The van der Waals surface area contributed by atoms with Crippen molar-refractivity contribution >= 4 is 23.2 Å². The molecule has 0 amide bonds. The number of hydrogen-bond acceptors (Lipinski definition) is 4. The summed E-state index contributed by atoms with van der Waals surface area (Å²) in [7, 11) is 0. The second kappa shape index (κ2) is 5.86. The second-order valence-corrected chi connectivity index (χ2v) is 4.68. The van der Waals surface area contributed by atoms with Gasteiger partial charge in [0.1, 0.15) is 11.4 Å².